The van der Waals surface area contributed by atoms with Gasteiger partial charge in [0.15, 0.2) is 18.0 Å². The summed E-state index contributed by atoms with van der Waals surface area (Å²) >= 11 is 0. The molecule has 0 aromatic heterocycles. The predicted octanol–water partition coefficient (Wildman–Crippen LogP) is 2.08. The summed E-state index contributed by atoms with van der Waals surface area (Å²) < 4.78 is 28.5. The highest BCUT2D eigenvalue weighted by molar-refractivity contribution is 6.72. The molecule has 15 heteroatoms. The number of halogens is 1. The van der Waals surface area contributed by atoms with E-state index in [0.29, 0.717) is 17.7 Å². The van der Waals surface area contributed by atoms with Crippen molar-refractivity contribution in [2.45, 2.75) is 99.9 Å². The summed E-state index contributed by atoms with van der Waals surface area (Å²) in [4.78, 5) is 45.6. The van der Waals surface area contributed by atoms with Gasteiger partial charge in [0.05, 0.1) is 37.4 Å². The fourth-order valence-corrected chi connectivity index (χ4v) is 11.4. The molecule has 6 N–H and O–H groups in total. The number of carbonyl (C=O) groups is 3. The fourth-order valence-electron chi connectivity index (χ4n) is 8.87. The minimum absolute atomic E-state index is 0.153. The Morgan fingerprint density at radius 1 is 0.963 bits per heavy atom. The number of ether oxygens (including phenoxy) is 2. The number of aliphatic hydroxyl groups is 5. The average Bonchev–Trinajstić information content (AvgIpc) is 3.57. The molecule has 0 radical (unpaired) electrons. The average molecular weight is 764 g/mol. The number of rotatable bonds is 8. The van der Waals surface area contributed by atoms with E-state index >= 15 is 4.11 Å². The number of benzene rings is 3. The molecule has 4 aliphatic heterocycles. The Balaban J connectivity index is 1.24. The lowest BCUT2D eigenvalue weighted by Gasteiger charge is -2.37. The molecule has 288 valence electrons. The second-order valence-corrected chi connectivity index (χ2v) is 19.1. The van der Waals surface area contributed by atoms with Gasteiger partial charge in [-0.2, -0.15) is 0 Å². The van der Waals surface area contributed by atoms with E-state index in [9.17, 15) is 39.9 Å². The molecule has 7 rings (SSSR count). The maximum absolute atomic E-state index is 16.6. The van der Waals surface area contributed by atoms with Crippen LogP contribution in [0.4, 0.5) is 15.5 Å². The number of fused-ring (bicyclic) bond motifs is 3. The van der Waals surface area contributed by atoms with E-state index in [1.165, 1.54) is 19.2 Å². The first-order valence-electron chi connectivity index (χ1n) is 18.2. The number of nitrogens with one attached hydrogen (secondary N) is 1. The molecule has 3 amide bonds. The van der Waals surface area contributed by atoms with E-state index in [1.54, 1.807) is 28.9 Å². The van der Waals surface area contributed by atoms with Crippen molar-refractivity contribution in [3.8, 4) is 0 Å². The molecule has 10 atom stereocenters. The first-order chi connectivity index (χ1) is 25.6. The highest BCUT2D eigenvalue weighted by Gasteiger charge is 2.67. The molecule has 4 aliphatic rings. The lowest BCUT2D eigenvalue weighted by molar-refractivity contribution is -0.274. The summed E-state index contributed by atoms with van der Waals surface area (Å²) in [5.74, 6) is -2.46. The summed E-state index contributed by atoms with van der Waals surface area (Å²) in [6.45, 7) is 5.01. The molecule has 3 aromatic carbocycles. The third-order valence-electron chi connectivity index (χ3n) is 11.5. The Labute approximate surface area is 313 Å². The molecular weight excluding hydrogens is 718 g/mol. The van der Waals surface area contributed by atoms with Crippen LogP contribution < -0.4 is 10.2 Å². The third-order valence-corrected chi connectivity index (χ3v) is 14.0. The number of anilines is 2. The molecule has 0 aliphatic carbocycles. The molecule has 2 saturated heterocycles. The minimum Gasteiger partial charge on any atom is -0.394 e. The molecule has 2 fully saturated rings. The van der Waals surface area contributed by atoms with Gasteiger partial charge < -0.3 is 54.2 Å². The van der Waals surface area contributed by atoms with Crippen LogP contribution in [0.5, 0.6) is 0 Å². The van der Waals surface area contributed by atoms with E-state index in [0.717, 1.165) is 16.7 Å². The SMILES string of the molecule is C[C@H]1[C@H]([Si](C)(C)F)[C@@H](CC(=O)N2Cc3ccccc3C[C@H]2CO)O[C@]12C(=O)N(Cc1ccccc1)c1ccc(NC(=O)[C@H]3O[C@@H](O)[C@H](O)[C@@H](O)[C@@H]3O)cc12. The molecule has 1 spiro atoms. The van der Waals surface area contributed by atoms with Crippen LogP contribution in [-0.4, -0.2) is 106 Å². The smallest absolute Gasteiger partial charge is 0.264 e. The molecular formula is C39H46FN3O10Si. The zero-order valence-electron chi connectivity index (χ0n) is 30.2. The van der Waals surface area contributed by atoms with Crippen LogP contribution >= 0.6 is 0 Å². The fraction of sp³-hybridized carbons (Fsp3) is 0.462. The Kier molecular flexibility index (Phi) is 10.3. The van der Waals surface area contributed by atoms with Crippen molar-refractivity contribution in [1.29, 1.82) is 0 Å². The predicted molar refractivity (Wildman–Crippen MR) is 196 cm³/mol. The largest absolute Gasteiger partial charge is 0.394 e. The highest BCUT2D eigenvalue weighted by atomic mass is 28.4. The molecule has 0 bridgehead atoms. The van der Waals surface area contributed by atoms with Gasteiger partial charge in [-0.05, 0) is 54.4 Å². The van der Waals surface area contributed by atoms with Gasteiger partial charge in [-0.15, -0.1) is 0 Å². The van der Waals surface area contributed by atoms with Gasteiger partial charge in [0.1, 0.15) is 18.3 Å². The summed E-state index contributed by atoms with van der Waals surface area (Å²) in [6, 6.07) is 21.2. The number of carbonyl (C=O) groups excluding carboxylic acids is 3. The second-order valence-electron chi connectivity index (χ2n) is 15.3. The third kappa shape index (κ3) is 6.55. The van der Waals surface area contributed by atoms with Crippen LogP contribution in [0.1, 0.15) is 35.6 Å². The minimum atomic E-state index is -3.68. The van der Waals surface area contributed by atoms with Crippen molar-refractivity contribution >= 4 is 37.5 Å². The number of amides is 3. The van der Waals surface area contributed by atoms with Crippen LogP contribution in [0.25, 0.3) is 0 Å². The number of nitrogens with zero attached hydrogens (tertiary/aromatic N) is 2. The Bertz CT molecular complexity index is 1910. The van der Waals surface area contributed by atoms with Crippen molar-refractivity contribution in [2.24, 2.45) is 5.92 Å². The second kappa shape index (κ2) is 14.5. The molecule has 13 nitrogen and oxygen atoms in total. The Morgan fingerprint density at radius 2 is 1.65 bits per heavy atom. The first-order valence-corrected chi connectivity index (χ1v) is 21.1. The van der Waals surface area contributed by atoms with E-state index in [4.69, 9.17) is 9.47 Å². The first kappa shape index (κ1) is 38.2. The summed E-state index contributed by atoms with van der Waals surface area (Å²) in [5.41, 5.74) is 1.24. The van der Waals surface area contributed by atoms with Crippen LogP contribution in [0.2, 0.25) is 18.6 Å². The highest BCUT2D eigenvalue weighted by Crippen LogP contribution is 2.60. The van der Waals surface area contributed by atoms with Gasteiger partial charge in [0, 0.05) is 29.3 Å². The summed E-state index contributed by atoms with van der Waals surface area (Å²) in [5, 5.41) is 53.4. The lowest BCUT2D eigenvalue weighted by Crippen LogP contribution is -2.60. The standard InChI is InChI=1S/C39H46FN3O10Si/c1-21-35(54(2,3)40)29(17-30(45)42-19-24-12-8-7-11-23(24)15-26(42)20-44)53-39(21)27-16-25(41-36(49)34-32(47)31(46)33(48)37(50)52-34)13-14-28(27)43(38(39)51)18-22-9-5-4-6-10-22/h4-14,16,21,26,29,31-35,37,44,46-48,50H,15,17-20H2,1-3H3,(H,41,49)/t21-,26-,29+,31-,32-,33+,34-,35-,37+,39+/m0/s1. The normalized spacial score (nSPS) is 32.1. The topological polar surface area (TPSA) is 189 Å². The van der Waals surface area contributed by atoms with Crippen molar-refractivity contribution in [3.63, 3.8) is 0 Å². The van der Waals surface area contributed by atoms with Crippen molar-refractivity contribution < 1.29 is 53.5 Å². The van der Waals surface area contributed by atoms with Gasteiger partial charge in [-0.25, -0.2) is 0 Å². The van der Waals surface area contributed by atoms with E-state index in [-0.39, 0.29) is 37.7 Å². The summed E-state index contributed by atoms with van der Waals surface area (Å²) in [7, 11) is -3.68. The number of aliphatic hydroxyl groups excluding tert-OH is 5. The Hall–Kier alpha value is -4.06. The zero-order valence-corrected chi connectivity index (χ0v) is 31.2. The van der Waals surface area contributed by atoms with Gasteiger partial charge >= 0.3 is 0 Å². The van der Waals surface area contributed by atoms with E-state index in [1.807, 2.05) is 54.6 Å². The number of hydrogen-bond acceptors (Lipinski definition) is 10. The quantitative estimate of drug-likeness (QED) is 0.147. The Morgan fingerprint density at radius 3 is 2.33 bits per heavy atom. The molecule has 4 heterocycles. The molecule has 3 aromatic rings. The van der Waals surface area contributed by atoms with Crippen molar-refractivity contribution in [3.05, 3.63) is 95.1 Å². The van der Waals surface area contributed by atoms with Crippen molar-refractivity contribution in [1.82, 2.24) is 4.90 Å². The van der Waals surface area contributed by atoms with Crippen LogP contribution in [0.3, 0.4) is 0 Å². The van der Waals surface area contributed by atoms with Crippen LogP contribution in [-0.2, 0) is 49.0 Å². The number of hydrogen-bond donors (Lipinski definition) is 6. The molecule has 54 heavy (non-hydrogen) atoms. The summed E-state index contributed by atoms with van der Waals surface area (Å²) in [6.07, 6.45) is -9.99. The van der Waals surface area contributed by atoms with Crippen molar-refractivity contribution in [2.75, 3.05) is 16.8 Å². The van der Waals surface area contributed by atoms with E-state index in [2.05, 4.69) is 5.32 Å². The van der Waals surface area contributed by atoms with Crippen LogP contribution in [0.15, 0.2) is 72.8 Å². The van der Waals surface area contributed by atoms with Gasteiger partial charge in [0.2, 0.25) is 14.3 Å². The zero-order chi connectivity index (χ0) is 38.7. The van der Waals surface area contributed by atoms with Gasteiger partial charge in [-0.1, -0.05) is 61.5 Å². The van der Waals surface area contributed by atoms with E-state index < -0.39 is 80.1 Å². The van der Waals surface area contributed by atoms with Crippen LogP contribution in [0, 0.1) is 5.92 Å². The molecule has 0 unspecified atom stereocenters. The lowest BCUT2D eigenvalue weighted by atomic mass is 9.82. The maximum Gasteiger partial charge on any atom is 0.264 e. The molecule has 0 saturated carbocycles. The maximum atomic E-state index is 16.6. The monoisotopic (exact) mass is 763 g/mol. The van der Waals surface area contributed by atoms with Gasteiger partial charge in [-0.3, -0.25) is 14.4 Å². The van der Waals surface area contributed by atoms with Gasteiger partial charge in [0.25, 0.3) is 11.8 Å².